The number of benzene rings is 3. The van der Waals surface area contributed by atoms with Crippen LogP contribution in [0.1, 0.15) is 36.8 Å². The van der Waals surface area contributed by atoms with Gasteiger partial charge >= 0.3 is 0 Å². The molecule has 1 aliphatic rings. The molecule has 0 unspecified atom stereocenters. The molecule has 5 rings (SSSR count). The lowest BCUT2D eigenvalue weighted by atomic mass is 10.1. The SMILES string of the molecule is O=C(COCc1ccc(-c2nc3ccccc3s2)cc1)NCCCOc1cccc(CN2CCCCC2)c1. The van der Waals surface area contributed by atoms with Gasteiger partial charge in [-0.2, -0.15) is 0 Å². The van der Waals surface area contributed by atoms with E-state index in [0.29, 0.717) is 19.8 Å². The number of carbonyl (C=O) groups excluding carboxylic acids is 1. The van der Waals surface area contributed by atoms with Gasteiger partial charge in [-0.25, -0.2) is 4.98 Å². The molecular formula is C31H35N3O3S. The van der Waals surface area contributed by atoms with Crippen LogP contribution in [0.2, 0.25) is 0 Å². The van der Waals surface area contributed by atoms with Crippen LogP contribution in [0.25, 0.3) is 20.8 Å². The molecule has 1 aliphatic heterocycles. The Labute approximate surface area is 228 Å². The van der Waals surface area contributed by atoms with E-state index in [0.717, 1.165) is 40.4 Å². The maximum Gasteiger partial charge on any atom is 0.246 e. The molecule has 2 heterocycles. The van der Waals surface area contributed by atoms with Crippen LogP contribution in [0.5, 0.6) is 5.75 Å². The molecule has 198 valence electrons. The minimum absolute atomic E-state index is 0.0407. The zero-order valence-corrected chi connectivity index (χ0v) is 22.6. The van der Waals surface area contributed by atoms with Gasteiger partial charge in [-0.05, 0) is 67.7 Å². The number of nitrogens with one attached hydrogen (secondary N) is 1. The van der Waals surface area contributed by atoms with E-state index in [-0.39, 0.29) is 12.5 Å². The molecule has 0 bridgehead atoms. The van der Waals surface area contributed by atoms with E-state index < -0.39 is 0 Å². The van der Waals surface area contributed by atoms with Crippen molar-refractivity contribution in [3.63, 3.8) is 0 Å². The van der Waals surface area contributed by atoms with Crippen molar-refractivity contribution in [1.82, 2.24) is 15.2 Å². The molecule has 0 radical (unpaired) electrons. The monoisotopic (exact) mass is 529 g/mol. The Hall–Kier alpha value is -3.26. The summed E-state index contributed by atoms with van der Waals surface area (Å²) in [5, 5.41) is 3.91. The van der Waals surface area contributed by atoms with E-state index in [9.17, 15) is 4.79 Å². The van der Waals surface area contributed by atoms with Crippen molar-refractivity contribution in [1.29, 1.82) is 0 Å². The standard InChI is InChI=1S/C31H35N3O3S/c35-30(32-16-7-19-37-27-9-6-8-25(20-27)21-34-17-4-1-5-18-34)23-36-22-24-12-14-26(15-13-24)31-33-28-10-2-3-11-29(28)38-31/h2-3,6,8-15,20H,1,4-5,7,16-19,21-23H2,(H,32,35). The van der Waals surface area contributed by atoms with Gasteiger partial charge < -0.3 is 14.8 Å². The lowest BCUT2D eigenvalue weighted by Gasteiger charge is -2.26. The number of hydrogen-bond acceptors (Lipinski definition) is 6. The summed E-state index contributed by atoms with van der Waals surface area (Å²) in [6.07, 6.45) is 4.69. The first-order valence-electron chi connectivity index (χ1n) is 13.5. The Morgan fingerprint density at radius 1 is 0.947 bits per heavy atom. The summed E-state index contributed by atoms with van der Waals surface area (Å²) in [6, 6.07) is 24.7. The summed E-state index contributed by atoms with van der Waals surface area (Å²) < 4.78 is 12.7. The smallest absolute Gasteiger partial charge is 0.246 e. The third-order valence-electron chi connectivity index (χ3n) is 6.66. The number of thiazole rings is 1. The highest BCUT2D eigenvalue weighted by Gasteiger charge is 2.11. The van der Waals surface area contributed by atoms with Crippen molar-refractivity contribution in [2.45, 2.75) is 38.8 Å². The van der Waals surface area contributed by atoms with Crippen LogP contribution >= 0.6 is 11.3 Å². The molecule has 1 saturated heterocycles. The lowest BCUT2D eigenvalue weighted by Crippen LogP contribution is -2.29. The first-order valence-corrected chi connectivity index (χ1v) is 14.3. The average molecular weight is 530 g/mol. The molecule has 0 atom stereocenters. The minimum atomic E-state index is -0.111. The molecule has 6 nitrogen and oxygen atoms in total. The Kier molecular flexibility index (Phi) is 9.37. The highest BCUT2D eigenvalue weighted by molar-refractivity contribution is 7.21. The third kappa shape index (κ3) is 7.63. The van der Waals surface area contributed by atoms with Crippen LogP contribution in [0.4, 0.5) is 0 Å². The number of likely N-dealkylation sites (tertiary alicyclic amines) is 1. The minimum Gasteiger partial charge on any atom is -0.494 e. The van der Waals surface area contributed by atoms with Gasteiger partial charge in [0.2, 0.25) is 5.91 Å². The van der Waals surface area contributed by atoms with Crippen LogP contribution in [0, 0.1) is 0 Å². The summed E-state index contributed by atoms with van der Waals surface area (Å²) in [5.41, 5.74) is 4.43. The van der Waals surface area contributed by atoms with Crippen molar-refractivity contribution in [3.05, 3.63) is 83.9 Å². The summed E-state index contributed by atoms with van der Waals surface area (Å²) in [5.74, 6) is 0.781. The van der Waals surface area contributed by atoms with Gasteiger partial charge in [0.15, 0.2) is 0 Å². The predicted molar refractivity (Wildman–Crippen MR) is 153 cm³/mol. The van der Waals surface area contributed by atoms with Crippen molar-refractivity contribution in [2.75, 3.05) is 32.8 Å². The van der Waals surface area contributed by atoms with Gasteiger partial charge in [-0.1, -0.05) is 55.0 Å². The third-order valence-corrected chi connectivity index (χ3v) is 7.75. The highest BCUT2D eigenvalue weighted by Crippen LogP contribution is 2.30. The topological polar surface area (TPSA) is 63.7 Å². The normalized spacial score (nSPS) is 14.0. The second kappa shape index (κ2) is 13.5. The van der Waals surface area contributed by atoms with Crippen LogP contribution in [0.3, 0.4) is 0 Å². The van der Waals surface area contributed by atoms with Gasteiger partial charge in [0.05, 0.1) is 23.4 Å². The number of carbonyl (C=O) groups is 1. The fraction of sp³-hybridized carbons (Fsp3) is 0.355. The number of piperidine rings is 1. The predicted octanol–water partition coefficient (Wildman–Crippen LogP) is 6.05. The summed E-state index contributed by atoms with van der Waals surface area (Å²) in [4.78, 5) is 19.4. The Balaban J connectivity index is 0.960. The van der Waals surface area contributed by atoms with Crippen molar-refractivity contribution < 1.29 is 14.3 Å². The van der Waals surface area contributed by atoms with Gasteiger partial charge in [0.25, 0.3) is 0 Å². The molecule has 0 aliphatic carbocycles. The largest absolute Gasteiger partial charge is 0.494 e. The van der Waals surface area contributed by atoms with Gasteiger partial charge in [0.1, 0.15) is 17.4 Å². The van der Waals surface area contributed by atoms with Crippen LogP contribution in [0.15, 0.2) is 72.8 Å². The number of ether oxygens (including phenoxy) is 2. The van der Waals surface area contributed by atoms with E-state index in [1.807, 2.05) is 36.4 Å². The number of fused-ring (bicyclic) bond motifs is 1. The number of hydrogen-bond donors (Lipinski definition) is 1. The van der Waals surface area contributed by atoms with Crippen LogP contribution in [-0.2, 0) is 22.7 Å². The van der Waals surface area contributed by atoms with Crippen molar-refractivity contribution in [2.24, 2.45) is 0 Å². The van der Waals surface area contributed by atoms with Gasteiger partial charge in [-0.3, -0.25) is 9.69 Å². The molecule has 0 spiro atoms. The van der Waals surface area contributed by atoms with E-state index in [2.05, 4.69) is 46.6 Å². The second-order valence-corrected chi connectivity index (χ2v) is 10.7. The maximum atomic E-state index is 12.1. The summed E-state index contributed by atoms with van der Waals surface area (Å²) in [6.45, 7) is 4.92. The molecule has 4 aromatic rings. The van der Waals surface area contributed by atoms with Crippen LogP contribution in [-0.4, -0.2) is 48.6 Å². The van der Waals surface area contributed by atoms with Gasteiger partial charge in [-0.15, -0.1) is 11.3 Å². The molecule has 3 aromatic carbocycles. The zero-order valence-electron chi connectivity index (χ0n) is 21.7. The maximum absolute atomic E-state index is 12.1. The number of nitrogens with zero attached hydrogens (tertiary/aromatic N) is 2. The molecule has 1 N–H and O–H groups in total. The average Bonchev–Trinajstić information content (AvgIpc) is 3.39. The molecule has 1 aromatic heterocycles. The number of rotatable bonds is 12. The Morgan fingerprint density at radius 3 is 2.63 bits per heavy atom. The number of amides is 1. The quantitative estimate of drug-likeness (QED) is 0.226. The molecular weight excluding hydrogens is 494 g/mol. The number of aromatic nitrogens is 1. The lowest BCUT2D eigenvalue weighted by molar-refractivity contribution is -0.126. The first kappa shape index (κ1) is 26.4. The molecule has 38 heavy (non-hydrogen) atoms. The Bertz CT molecular complexity index is 1280. The molecule has 1 amide bonds. The number of para-hydroxylation sites is 1. The fourth-order valence-corrected chi connectivity index (χ4v) is 5.62. The molecule has 1 fully saturated rings. The van der Waals surface area contributed by atoms with E-state index >= 15 is 0 Å². The fourth-order valence-electron chi connectivity index (χ4n) is 4.65. The summed E-state index contributed by atoms with van der Waals surface area (Å²) in [7, 11) is 0. The van der Waals surface area contributed by atoms with Gasteiger partial charge in [0, 0.05) is 18.7 Å². The molecule has 7 heteroatoms. The van der Waals surface area contributed by atoms with Crippen molar-refractivity contribution >= 4 is 27.5 Å². The summed E-state index contributed by atoms with van der Waals surface area (Å²) >= 11 is 1.69. The van der Waals surface area contributed by atoms with E-state index in [1.54, 1.807) is 11.3 Å². The highest BCUT2D eigenvalue weighted by atomic mass is 32.1. The van der Waals surface area contributed by atoms with Crippen LogP contribution < -0.4 is 10.1 Å². The Morgan fingerprint density at radius 2 is 1.79 bits per heavy atom. The second-order valence-electron chi connectivity index (χ2n) is 9.71. The first-order chi connectivity index (χ1) is 18.7. The molecule has 0 saturated carbocycles. The van der Waals surface area contributed by atoms with E-state index in [4.69, 9.17) is 14.5 Å². The zero-order chi connectivity index (χ0) is 26.0. The van der Waals surface area contributed by atoms with Crippen molar-refractivity contribution in [3.8, 4) is 16.3 Å². The van der Waals surface area contributed by atoms with E-state index in [1.165, 1.54) is 42.6 Å².